The van der Waals surface area contributed by atoms with E-state index in [1.165, 1.54) is 5.56 Å². The number of hydrogen-bond donors (Lipinski definition) is 3. The van der Waals surface area contributed by atoms with Crippen molar-refractivity contribution in [1.29, 1.82) is 0 Å². The van der Waals surface area contributed by atoms with E-state index in [-0.39, 0.29) is 24.1 Å². The van der Waals surface area contributed by atoms with Gasteiger partial charge in [-0.25, -0.2) is 14.6 Å². The van der Waals surface area contributed by atoms with Gasteiger partial charge in [0.05, 0.1) is 0 Å². The van der Waals surface area contributed by atoms with Gasteiger partial charge in [-0.15, -0.1) is 0 Å². The summed E-state index contributed by atoms with van der Waals surface area (Å²) in [5.74, 6) is 0.517. The molecule has 0 radical (unpaired) electrons. The second-order valence-corrected chi connectivity index (χ2v) is 12.0. The van der Waals surface area contributed by atoms with E-state index in [2.05, 4.69) is 27.8 Å². The summed E-state index contributed by atoms with van der Waals surface area (Å²) in [6, 6.07) is 15.6. The van der Waals surface area contributed by atoms with Crippen molar-refractivity contribution in [3.63, 3.8) is 0 Å². The quantitative estimate of drug-likeness (QED) is 0.468. The Morgan fingerprint density at radius 3 is 2.34 bits per heavy atom. The zero-order valence-electron chi connectivity index (χ0n) is 23.5. The molecule has 208 valence electrons. The van der Waals surface area contributed by atoms with Crippen LogP contribution in [0.15, 0.2) is 48.5 Å². The molecular weight excluding hydrogens is 482 g/mol. The molecule has 3 atom stereocenters. The van der Waals surface area contributed by atoms with Crippen molar-refractivity contribution < 1.29 is 19.1 Å². The average molecular weight is 526 g/mol. The van der Waals surface area contributed by atoms with Gasteiger partial charge >= 0.3 is 12.2 Å². The van der Waals surface area contributed by atoms with Crippen LogP contribution in [0.25, 0.3) is 0 Å². The molecule has 1 saturated heterocycles. The van der Waals surface area contributed by atoms with Gasteiger partial charge in [-0.1, -0.05) is 36.4 Å². The van der Waals surface area contributed by atoms with E-state index in [1.54, 1.807) is 11.0 Å². The molecule has 0 saturated carbocycles. The number of carbonyl (C=O) groups excluding carboxylic acids is 2. The first-order valence-electron chi connectivity index (χ1n) is 13.2. The third-order valence-corrected chi connectivity index (χ3v) is 5.98. The van der Waals surface area contributed by atoms with E-state index in [9.17, 15) is 9.59 Å². The molecule has 2 heterocycles. The minimum absolute atomic E-state index is 0.0219. The molecule has 2 aromatic rings. The number of likely N-dealkylation sites (tertiary alicyclic amines) is 1. The Labute approximate surface area is 226 Å². The van der Waals surface area contributed by atoms with E-state index in [0.717, 1.165) is 12.1 Å². The van der Waals surface area contributed by atoms with Crippen molar-refractivity contribution in [2.45, 2.75) is 77.7 Å². The van der Waals surface area contributed by atoms with E-state index < -0.39 is 17.3 Å². The zero-order valence-corrected chi connectivity index (χ0v) is 23.5. The van der Waals surface area contributed by atoms with Crippen molar-refractivity contribution in [3.8, 4) is 0 Å². The highest BCUT2D eigenvalue weighted by atomic mass is 16.6. The predicted molar refractivity (Wildman–Crippen MR) is 149 cm³/mol. The van der Waals surface area contributed by atoms with Crippen LogP contribution in [0, 0.1) is 5.92 Å². The fourth-order valence-corrected chi connectivity index (χ4v) is 4.42. The normalized spacial score (nSPS) is 18.7. The van der Waals surface area contributed by atoms with Gasteiger partial charge in [0.1, 0.15) is 17.0 Å². The van der Waals surface area contributed by atoms with Crippen LogP contribution in [-0.4, -0.2) is 65.0 Å². The molecule has 4 N–H and O–H groups in total. The number of nitrogens with one attached hydrogen (secondary N) is 2. The fraction of sp³-hybridized carbons (Fsp3) is 0.552. The molecule has 1 fully saturated rings. The Kier molecular flexibility index (Phi) is 9.73. The number of rotatable bonds is 8. The summed E-state index contributed by atoms with van der Waals surface area (Å²) in [4.78, 5) is 31.4. The third kappa shape index (κ3) is 9.95. The predicted octanol–water partition coefficient (Wildman–Crippen LogP) is 4.37. The van der Waals surface area contributed by atoms with Crippen molar-refractivity contribution in [3.05, 3.63) is 59.8 Å². The minimum atomic E-state index is -0.600. The molecule has 1 aliphatic rings. The Morgan fingerprint density at radius 2 is 1.68 bits per heavy atom. The maximum absolute atomic E-state index is 12.8. The van der Waals surface area contributed by atoms with Gasteiger partial charge < -0.3 is 25.4 Å². The van der Waals surface area contributed by atoms with Crippen LogP contribution in [0.1, 0.15) is 52.8 Å². The first kappa shape index (κ1) is 29.4. The third-order valence-electron chi connectivity index (χ3n) is 5.98. The van der Waals surface area contributed by atoms with Gasteiger partial charge in [0, 0.05) is 37.4 Å². The maximum atomic E-state index is 12.8. The molecule has 1 aromatic heterocycles. The summed E-state index contributed by atoms with van der Waals surface area (Å²) in [7, 11) is 0. The fourth-order valence-electron chi connectivity index (χ4n) is 4.42. The summed E-state index contributed by atoms with van der Waals surface area (Å²) in [6.07, 6.45) is 0.509. The topological polar surface area (TPSA) is 119 Å². The largest absolute Gasteiger partial charge is 0.444 e. The second-order valence-electron chi connectivity index (χ2n) is 12.0. The molecule has 3 rings (SSSR count). The number of benzene rings is 1. The number of aromatic nitrogens is 1. The van der Waals surface area contributed by atoms with Gasteiger partial charge in [0.15, 0.2) is 0 Å². The Bertz CT molecular complexity index is 1060. The zero-order chi connectivity index (χ0) is 27.9. The second kappa shape index (κ2) is 12.6. The molecular formula is C29H43N5O4. The molecule has 0 bridgehead atoms. The summed E-state index contributed by atoms with van der Waals surface area (Å²) >= 11 is 0. The molecule has 2 unspecified atom stereocenters. The molecule has 9 heteroatoms. The lowest BCUT2D eigenvalue weighted by Crippen LogP contribution is -2.45. The monoisotopic (exact) mass is 525 g/mol. The number of carbonyl (C=O) groups is 2. The summed E-state index contributed by atoms with van der Waals surface area (Å²) in [5.41, 5.74) is 7.27. The first-order valence-corrected chi connectivity index (χ1v) is 13.2. The van der Waals surface area contributed by atoms with Crippen molar-refractivity contribution in [1.82, 2.24) is 15.2 Å². The van der Waals surface area contributed by atoms with Crippen LogP contribution < -0.4 is 16.4 Å². The van der Waals surface area contributed by atoms with Crippen LogP contribution in [0.3, 0.4) is 0 Å². The molecule has 2 amide bonds. The lowest BCUT2D eigenvalue weighted by molar-refractivity contribution is 0.0285. The van der Waals surface area contributed by atoms with Crippen molar-refractivity contribution in [2.24, 2.45) is 11.7 Å². The van der Waals surface area contributed by atoms with E-state index in [4.69, 9.17) is 15.2 Å². The Morgan fingerprint density at radius 1 is 1.00 bits per heavy atom. The van der Waals surface area contributed by atoms with Crippen LogP contribution >= 0.6 is 0 Å². The molecule has 9 nitrogen and oxygen atoms in total. The molecule has 0 spiro atoms. The van der Waals surface area contributed by atoms with E-state index in [0.29, 0.717) is 31.9 Å². The SMILES string of the molecule is CC(C)(C)OC(=O)Nc1cccc(CC2CN(C(=O)OC(C)(C)C)CC2NC[C@@H](N)Cc2ccccc2)n1. The highest BCUT2D eigenvalue weighted by Gasteiger charge is 2.37. The molecule has 38 heavy (non-hydrogen) atoms. The van der Waals surface area contributed by atoms with Crippen LogP contribution in [0.5, 0.6) is 0 Å². The smallest absolute Gasteiger partial charge is 0.413 e. The van der Waals surface area contributed by atoms with Gasteiger partial charge in [-0.3, -0.25) is 5.32 Å². The molecule has 1 aromatic carbocycles. The summed E-state index contributed by atoms with van der Waals surface area (Å²) in [6.45, 7) is 12.7. The molecule has 0 aliphatic carbocycles. The van der Waals surface area contributed by atoms with Gasteiger partial charge in [-0.2, -0.15) is 0 Å². The highest BCUT2D eigenvalue weighted by Crippen LogP contribution is 2.24. The number of pyridine rings is 1. The number of anilines is 1. The Hall–Kier alpha value is -3.17. The van der Waals surface area contributed by atoms with Crippen LogP contribution in [0.4, 0.5) is 15.4 Å². The van der Waals surface area contributed by atoms with Crippen LogP contribution in [-0.2, 0) is 22.3 Å². The highest BCUT2D eigenvalue weighted by molar-refractivity contribution is 5.83. The number of amides is 2. The lowest BCUT2D eigenvalue weighted by Gasteiger charge is -2.24. The number of nitrogens with two attached hydrogens (primary N) is 1. The van der Waals surface area contributed by atoms with Gasteiger partial charge in [0.2, 0.25) is 0 Å². The van der Waals surface area contributed by atoms with Crippen LogP contribution in [0.2, 0.25) is 0 Å². The average Bonchev–Trinajstić information content (AvgIpc) is 3.19. The van der Waals surface area contributed by atoms with E-state index in [1.807, 2.05) is 71.9 Å². The van der Waals surface area contributed by atoms with Gasteiger partial charge in [0.25, 0.3) is 0 Å². The van der Waals surface area contributed by atoms with Gasteiger partial charge in [-0.05, 0) is 78.0 Å². The number of hydrogen-bond acceptors (Lipinski definition) is 7. The standard InChI is InChI=1S/C29H43N5O4/c1-28(2,3)37-26(35)33-25-14-10-13-23(32-25)16-21-18-34(27(36)38-29(4,5)6)19-24(21)31-17-22(30)15-20-11-8-7-9-12-20/h7-14,21-22,24,31H,15-19,30H2,1-6H3,(H,32,33,35)/t21?,22-,24?/m0/s1. The minimum Gasteiger partial charge on any atom is -0.444 e. The maximum Gasteiger partial charge on any atom is 0.413 e. The van der Waals surface area contributed by atoms with Crippen molar-refractivity contribution in [2.75, 3.05) is 25.0 Å². The van der Waals surface area contributed by atoms with E-state index >= 15 is 0 Å². The summed E-state index contributed by atoms with van der Waals surface area (Å²) in [5, 5.41) is 6.30. The summed E-state index contributed by atoms with van der Waals surface area (Å²) < 4.78 is 11.0. The number of ether oxygens (including phenoxy) is 2. The first-order chi connectivity index (χ1) is 17.8. The Balaban J connectivity index is 1.67. The van der Waals surface area contributed by atoms with Crippen molar-refractivity contribution >= 4 is 18.0 Å². The lowest BCUT2D eigenvalue weighted by atomic mass is 9.97. The number of nitrogens with zero attached hydrogens (tertiary/aromatic N) is 2. The molecule has 1 aliphatic heterocycles.